The van der Waals surface area contributed by atoms with Gasteiger partial charge in [-0.25, -0.2) is 4.98 Å². The highest BCUT2D eigenvalue weighted by Crippen LogP contribution is 2.27. The number of aromatic amines is 1. The lowest BCUT2D eigenvalue weighted by molar-refractivity contribution is 0.0954. The van der Waals surface area contributed by atoms with E-state index in [4.69, 9.17) is 0 Å². The van der Waals surface area contributed by atoms with E-state index in [2.05, 4.69) is 20.3 Å². The first kappa shape index (κ1) is 20.4. The van der Waals surface area contributed by atoms with Crippen LogP contribution in [0.25, 0.3) is 16.6 Å². The quantitative estimate of drug-likeness (QED) is 0.489. The van der Waals surface area contributed by atoms with Crippen LogP contribution < -0.4 is 10.9 Å². The molecule has 3 heterocycles. The zero-order valence-corrected chi connectivity index (χ0v) is 18.0. The van der Waals surface area contributed by atoms with Crippen molar-refractivity contribution in [1.29, 1.82) is 0 Å². The Labute approximate surface area is 185 Å². The second kappa shape index (κ2) is 8.94. The van der Waals surface area contributed by atoms with Crippen LogP contribution in [0, 0.1) is 5.92 Å². The molecule has 0 radical (unpaired) electrons. The molecule has 1 aliphatic rings. The summed E-state index contributed by atoms with van der Waals surface area (Å²) >= 11 is 0. The van der Waals surface area contributed by atoms with Gasteiger partial charge in [0.05, 0.1) is 17.2 Å². The molecule has 0 spiro atoms. The van der Waals surface area contributed by atoms with E-state index in [1.807, 2.05) is 28.7 Å². The summed E-state index contributed by atoms with van der Waals surface area (Å²) in [6.07, 6.45) is 11.2. The van der Waals surface area contributed by atoms with Crippen molar-refractivity contribution < 1.29 is 4.79 Å². The van der Waals surface area contributed by atoms with Gasteiger partial charge in [-0.2, -0.15) is 0 Å². The normalized spacial score (nSPS) is 14.8. The molecule has 0 bridgehead atoms. The fourth-order valence-electron chi connectivity index (χ4n) is 4.71. The molecule has 1 aromatic carbocycles. The minimum absolute atomic E-state index is 0.142. The molecule has 0 atom stereocenters. The van der Waals surface area contributed by atoms with Crippen LogP contribution in [0.1, 0.15) is 54.0 Å². The highest BCUT2D eigenvalue weighted by molar-refractivity contribution is 5.97. The Bertz CT molecular complexity index is 1300. The van der Waals surface area contributed by atoms with E-state index in [1.165, 1.54) is 32.1 Å². The van der Waals surface area contributed by atoms with Gasteiger partial charge in [0.25, 0.3) is 11.5 Å². The number of hydrogen-bond donors (Lipinski definition) is 2. The van der Waals surface area contributed by atoms with Crippen molar-refractivity contribution in [1.82, 2.24) is 24.7 Å². The zero-order chi connectivity index (χ0) is 21.9. The van der Waals surface area contributed by atoms with E-state index in [1.54, 1.807) is 24.5 Å². The van der Waals surface area contributed by atoms with Crippen LogP contribution in [0.15, 0.2) is 53.6 Å². The molecule has 1 fully saturated rings. The average Bonchev–Trinajstić information content (AvgIpc) is 3.25. The molecule has 1 saturated carbocycles. The number of rotatable bonds is 6. The number of amides is 1. The lowest BCUT2D eigenvalue weighted by atomic mass is 9.87. The van der Waals surface area contributed by atoms with Gasteiger partial charge >= 0.3 is 0 Å². The third kappa shape index (κ3) is 4.15. The van der Waals surface area contributed by atoms with Gasteiger partial charge in [0.15, 0.2) is 0 Å². The molecular formula is C25H27N5O2. The first-order chi connectivity index (χ1) is 15.7. The number of nitrogens with zero attached hydrogens (tertiary/aromatic N) is 3. The Morgan fingerprint density at radius 1 is 1.09 bits per heavy atom. The number of carbonyl (C=O) groups is 1. The fraction of sp³-hybridized carbons (Fsp3) is 0.360. The van der Waals surface area contributed by atoms with Crippen LogP contribution >= 0.6 is 0 Å². The molecule has 0 aliphatic heterocycles. The molecule has 1 amide bonds. The van der Waals surface area contributed by atoms with Gasteiger partial charge in [0.2, 0.25) is 0 Å². The molecule has 3 aromatic heterocycles. The Hall–Kier alpha value is -3.48. The van der Waals surface area contributed by atoms with Crippen LogP contribution in [0.3, 0.4) is 0 Å². The number of fused-ring (bicyclic) bond motifs is 3. The molecule has 0 saturated heterocycles. The molecule has 32 heavy (non-hydrogen) atoms. The largest absolute Gasteiger partial charge is 0.352 e. The number of nitrogens with one attached hydrogen (secondary N) is 2. The second-order valence-electron chi connectivity index (χ2n) is 8.62. The average molecular weight is 430 g/mol. The number of aromatic nitrogens is 4. The first-order valence-corrected chi connectivity index (χ1v) is 11.4. The minimum Gasteiger partial charge on any atom is -0.352 e. The molecule has 5 rings (SSSR count). The molecule has 4 aromatic rings. The SMILES string of the molecule is O=C(NCCc1ccccn1)c1ccc2[nH]c(=O)c3cnc(CC4CCCCC4)n3c2c1. The Morgan fingerprint density at radius 2 is 1.97 bits per heavy atom. The van der Waals surface area contributed by atoms with E-state index < -0.39 is 0 Å². The van der Waals surface area contributed by atoms with Gasteiger partial charge in [-0.3, -0.25) is 19.0 Å². The number of pyridine rings is 1. The van der Waals surface area contributed by atoms with Crippen LogP contribution in [0.5, 0.6) is 0 Å². The lowest BCUT2D eigenvalue weighted by Crippen LogP contribution is -2.26. The topological polar surface area (TPSA) is 92.1 Å². The smallest absolute Gasteiger partial charge is 0.274 e. The van der Waals surface area contributed by atoms with Gasteiger partial charge < -0.3 is 10.3 Å². The molecule has 0 unspecified atom stereocenters. The summed E-state index contributed by atoms with van der Waals surface area (Å²) in [7, 11) is 0. The first-order valence-electron chi connectivity index (χ1n) is 11.4. The molecule has 7 heteroatoms. The maximum Gasteiger partial charge on any atom is 0.274 e. The summed E-state index contributed by atoms with van der Waals surface area (Å²) in [5.74, 6) is 1.36. The third-order valence-corrected chi connectivity index (χ3v) is 6.41. The predicted octanol–water partition coefficient (Wildman–Crippen LogP) is 3.67. The minimum atomic E-state index is -0.160. The summed E-state index contributed by atoms with van der Waals surface area (Å²) in [5.41, 5.74) is 3.37. The summed E-state index contributed by atoms with van der Waals surface area (Å²) in [4.78, 5) is 37.2. The molecular weight excluding hydrogens is 402 g/mol. The van der Waals surface area contributed by atoms with Gasteiger partial charge in [-0.05, 0) is 36.2 Å². The number of H-pyrrole nitrogens is 1. The maximum absolute atomic E-state index is 12.8. The number of carbonyl (C=O) groups excluding carboxylic acids is 1. The van der Waals surface area contributed by atoms with Gasteiger partial charge in [-0.1, -0.05) is 38.2 Å². The number of imidazole rings is 1. The van der Waals surface area contributed by atoms with E-state index in [0.29, 0.717) is 35.5 Å². The molecule has 1 aliphatic carbocycles. The summed E-state index contributed by atoms with van der Waals surface area (Å²) in [5, 5.41) is 2.97. The van der Waals surface area contributed by atoms with Crippen molar-refractivity contribution in [3.05, 3.63) is 76.2 Å². The zero-order valence-electron chi connectivity index (χ0n) is 18.0. The van der Waals surface area contributed by atoms with Crippen LogP contribution in [-0.2, 0) is 12.8 Å². The molecule has 7 nitrogen and oxygen atoms in total. The highest BCUT2D eigenvalue weighted by Gasteiger charge is 2.19. The Morgan fingerprint density at radius 3 is 2.78 bits per heavy atom. The molecule has 164 valence electrons. The van der Waals surface area contributed by atoms with E-state index in [9.17, 15) is 9.59 Å². The molecule has 2 N–H and O–H groups in total. The van der Waals surface area contributed by atoms with Crippen LogP contribution in [0.4, 0.5) is 0 Å². The summed E-state index contributed by atoms with van der Waals surface area (Å²) in [6.45, 7) is 0.507. The second-order valence-corrected chi connectivity index (χ2v) is 8.62. The van der Waals surface area contributed by atoms with Gasteiger partial charge in [-0.15, -0.1) is 0 Å². The van der Waals surface area contributed by atoms with Gasteiger partial charge in [0, 0.05) is 36.8 Å². The fourth-order valence-corrected chi connectivity index (χ4v) is 4.71. The van der Waals surface area contributed by atoms with Crippen molar-refractivity contribution in [2.75, 3.05) is 6.54 Å². The van der Waals surface area contributed by atoms with Crippen molar-refractivity contribution in [3.8, 4) is 0 Å². The third-order valence-electron chi connectivity index (χ3n) is 6.41. The predicted molar refractivity (Wildman–Crippen MR) is 124 cm³/mol. The lowest BCUT2D eigenvalue weighted by Gasteiger charge is -2.21. The number of hydrogen-bond acceptors (Lipinski definition) is 4. The van der Waals surface area contributed by atoms with Crippen molar-refractivity contribution in [2.45, 2.75) is 44.9 Å². The van der Waals surface area contributed by atoms with E-state index in [0.717, 1.165) is 23.5 Å². The number of benzene rings is 1. The Balaban J connectivity index is 1.43. The van der Waals surface area contributed by atoms with E-state index >= 15 is 0 Å². The van der Waals surface area contributed by atoms with Crippen LogP contribution in [0.2, 0.25) is 0 Å². The van der Waals surface area contributed by atoms with Crippen molar-refractivity contribution in [2.24, 2.45) is 5.92 Å². The Kier molecular flexibility index (Phi) is 5.71. The maximum atomic E-state index is 12.8. The summed E-state index contributed by atoms with van der Waals surface area (Å²) in [6, 6.07) is 11.2. The monoisotopic (exact) mass is 429 g/mol. The van der Waals surface area contributed by atoms with Crippen molar-refractivity contribution in [3.63, 3.8) is 0 Å². The highest BCUT2D eigenvalue weighted by atomic mass is 16.1. The summed E-state index contributed by atoms with van der Waals surface area (Å²) < 4.78 is 1.94. The van der Waals surface area contributed by atoms with Crippen LogP contribution in [-0.4, -0.2) is 31.8 Å². The van der Waals surface area contributed by atoms with Crippen molar-refractivity contribution >= 4 is 22.5 Å². The van der Waals surface area contributed by atoms with E-state index in [-0.39, 0.29) is 11.5 Å². The van der Waals surface area contributed by atoms with Gasteiger partial charge in [0.1, 0.15) is 11.3 Å². The standard InChI is InChI=1S/C25H27N5O2/c31-24(27-13-11-19-8-4-5-12-26-19)18-9-10-20-21(15-18)30-22(25(32)29-20)16-28-23(30)14-17-6-2-1-3-7-17/h4-5,8-10,12,15-17H,1-3,6-7,11,13-14H2,(H,27,31)(H,29,32).